The summed E-state index contributed by atoms with van der Waals surface area (Å²) in [6, 6.07) is 7.94. The van der Waals surface area contributed by atoms with Crippen LogP contribution in [-0.4, -0.2) is 36.8 Å². The molecule has 122 valence electrons. The molecule has 0 unspecified atom stereocenters. The molecule has 1 aliphatic carbocycles. The van der Waals surface area contributed by atoms with Crippen molar-refractivity contribution >= 4 is 16.0 Å². The van der Waals surface area contributed by atoms with E-state index in [2.05, 4.69) is 9.82 Å². The number of sulfonamides is 1. The molecule has 0 amide bonds. The Labute approximate surface area is 134 Å². The zero-order valence-electron chi connectivity index (χ0n) is 12.6. The molecule has 2 aromatic rings. The molecule has 23 heavy (non-hydrogen) atoms. The number of aromatic nitrogens is 2. The van der Waals surface area contributed by atoms with E-state index in [1.54, 1.807) is 31.3 Å². The SMILES string of the molecule is CCOC(=O)c1ccn(-c2ccc(S(=O)(=O)NC3CC3)cc2)n1. The summed E-state index contributed by atoms with van der Waals surface area (Å²) in [6.07, 6.45) is 3.40. The Morgan fingerprint density at radius 2 is 2.00 bits per heavy atom. The van der Waals surface area contributed by atoms with Gasteiger partial charge in [-0.1, -0.05) is 0 Å². The van der Waals surface area contributed by atoms with Crippen LogP contribution in [0.15, 0.2) is 41.4 Å². The largest absolute Gasteiger partial charge is 0.461 e. The number of benzene rings is 1. The van der Waals surface area contributed by atoms with Crippen LogP contribution < -0.4 is 4.72 Å². The highest BCUT2D eigenvalue weighted by atomic mass is 32.2. The monoisotopic (exact) mass is 335 g/mol. The van der Waals surface area contributed by atoms with Crippen molar-refractivity contribution in [1.29, 1.82) is 0 Å². The maximum Gasteiger partial charge on any atom is 0.358 e. The van der Waals surface area contributed by atoms with Gasteiger partial charge in [0, 0.05) is 12.2 Å². The van der Waals surface area contributed by atoms with E-state index in [0.29, 0.717) is 5.69 Å². The van der Waals surface area contributed by atoms with Crippen LogP contribution in [0.4, 0.5) is 0 Å². The number of ether oxygens (including phenoxy) is 1. The van der Waals surface area contributed by atoms with E-state index in [4.69, 9.17) is 4.74 Å². The van der Waals surface area contributed by atoms with Gasteiger partial charge in [-0.25, -0.2) is 22.6 Å². The first kappa shape index (κ1) is 15.7. The summed E-state index contributed by atoms with van der Waals surface area (Å²) in [6.45, 7) is 2.01. The third-order valence-electron chi connectivity index (χ3n) is 3.38. The molecule has 1 aliphatic rings. The summed E-state index contributed by atoms with van der Waals surface area (Å²) >= 11 is 0. The van der Waals surface area contributed by atoms with E-state index >= 15 is 0 Å². The number of carbonyl (C=O) groups is 1. The van der Waals surface area contributed by atoms with Gasteiger partial charge in [-0.05, 0) is 50.1 Å². The summed E-state index contributed by atoms with van der Waals surface area (Å²) < 4.78 is 33.2. The predicted octanol–water partition coefficient (Wildman–Crippen LogP) is 1.49. The zero-order chi connectivity index (χ0) is 16.4. The second-order valence-electron chi connectivity index (χ2n) is 5.26. The van der Waals surface area contributed by atoms with Crippen LogP contribution in [0.1, 0.15) is 30.3 Å². The molecule has 1 heterocycles. The molecular weight excluding hydrogens is 318 g/mol. The van der Waals surface area contributed by atoms with Crippen LogP contribution in [0, 0.1) is 0 Å². The molecule has 1 saturated carbocycles. The maximum absolute atomic E-state index is 12.1. The van der Waals surface area contributed by atoms with E-state index in [9.17, 15) is 13.2 Å². The smallest absolute Gasteiger partial charge is 0.358 e. The molecule has 1 aromatic heterocycles. The molecule has 0 spiro atoms. The number of nitrogens with one attached hydrogen (secondary N) is 1. The van der Waals surface area contributed by atoms with Gasteiger partial charge in [0.05, 0.1) is 17.2 Å². The minimum atomic E-state index is -3.47. The second kappa shape index (κ2) is 6.13. The topological polar surface area (TPSA) is 90.3 Å². The van der Waals surface area contributed by atoms with Crippen molar-refractivity contribution in [3.63, 3.8) is 0 Å². The van der Waals surface area contributed by atoms with Crippen molar-refractivity contribution in [3.05, 3.63) is 42.2 Å². The summed E-state index contributed by atoms with van der Waals surface area (Å²) in [7, 11) is -3.47. The Kier molecular flexibility index (Phi) is 4.18. The van der Waals surface area contributed by atoms with E-state index in [0.717, 1.165) is 12.8 Å². The lowest BCUT2D eigenvalue weighted by Crippen LogP contribution is -2.25. The number of nitrogens with zero attached hydrogens (tertiary/aromatic N) is 2. The normalized spacial score (nSPS) is 14.7. The molecule has 0 radical (unpaired) electrons. The van der Waals surface area contributed by atoms with Crippen LogP contribution in [0.2, 0.25) is 0 Å². The molecule has 0 atom stereocenters. The van der Waals surface area contributed by atoms with Gasteiger partial charge >= 0.3 is 5.97 Å². The molecule has 3 rings (SSSR count). The van der Waals surface area contributed by atoms with Gasteiger partial charge in [0.25, 0.3) is 0 Å². The van der Waals surface area contributed by atoms with Crippen LogP contribution in [0.5, 0.6) is 0 Å². The standard InChI is InChI=1S/C15H17N3O4S/c1-2-22-15(19)14-9-10-18(16-14)12-5-7-13(8-6-12)23(20,21)17-11-3-4-11/h5-11,17H,2-4H2,1H3. The molecular formula is C15H17N3O4S. The highest BCUT2D eigenvalue weighted by Crippen LogP contribution is 2.22. The van der Waals surface area contributed by atoms with Gasteiger partial charge < -0.3 is 4.74 Å². The van der Waals surface area contributed by atoms with Crippen LogP contribution in [-0.2, 0) is 14.8 Å². The molecule has 0 aliphatic heterocycles. The summed E-state index contributed by atoms with van der Waals surface area (Å²) in [5.74, 6) is -0.487. The molecule has 0 saturated heterocycles. The first-order valence-corrected chi connectivity index (χ1v) is 8.83. The van der Waals surface area contributed by atoms with Crippen LogP contribution in [0.3, 0.4) is 0 Å². The average molecular weight is 335 g/mol. The highest BCUT2D eigenvalue weighted by Gasteiger charge is 2.27. The average Bonchev–Trinajstić information content (AvgIpc) is 3.18. The Hall–Kier alpha value is -2.19. The van der Waals surface area contributed by atoms with Crippen molar-refractivity contribution in [2.24, 2.45) is 0 Å². The second-order valence-corrected chi connectivity index (χ2v) is 6.97. The molecule has 0 bridgehead atoms. The van der Waals surface area contributed by atoms with E-state index in [1.807, 2.05) is 0 Å². The number of esters is 1. The molecule has 1 N–H and O–H groups in total. The molecule has 7 nitrogen and oxygen atoms in total. The molecule has 8 heteroatoms. The van der Waals surface area contributed by atoms with E-state index in [1.165, 1.54) is 16.8 Å². The summed E-state index contributed by atoms with van der Waals surface area (Å²) in [5.41, 5.74) is 0.866. The fourth-order valence-electron chi connectivity index (χ4n) is 2.05. The maximum atomic E-state index is 12.1. The first-order chi connectivity index (χ1) is 11.0. The fraction of sp³-hybridized carbons (Fsp3) is 0.333. The summed E-state index contributed by atoms with van der Waals surface area (Å²) in [5, 5.41) is 4.13. The van der Waals surface area contributed by atoms with E-state index < -0.39 is 16.0 Å². The lowest BCUT2D eigenvalue weighted by Gasteiger charge is -2.07. The van der Waals surface area contributed by atoms with Crippen molar-refractivity contribution in [2.45, 2.75) is 30.7 Å². The highest BCUT2D eigenvalue weighted by molar-refractivity contribution is 7.89. The lowest BCUT2D eigenvalue weighted by atomic mass is 10.3. The van der Waals surface area contributed by atoms with Gasteiger partial charge in [-0.15, -0.1) is 0 Å². The zero-order valence-corrected chi connectivity index (χ0v) is 13.4. The van der Waals surface area contributed by atoms with Crippen molar-refractivity contribution < 1.29 is 17.9 Å². The van der Waals surface area contributed by atoms with Gasteiger partial charge in [0.1, 0.15) is 0 Å². The number of carbonyl (C=O) groups excluding carboxylic acids is 1. The Morgan fingerprint density at radius 1 is 1.30 bits per heavy atom. The Bertz CT molecular complexity index is 808. The van der Waals surface area contributed by atoms with Crippen LogP contribution >= 0.6 is 0 Å². The Morgan fingerprint density at radius 3 is 2.61 bits per heavy atom. The quantitative estimate of drug-likeness (QED) is 0.808. The fourth-order valence-corrected chi connectivity index (χ4v) is 3.35. The molecule has 1 fully saturated rings. The number of hydrogen-bond donors (Lipinski definition) is 1. The minimum Gasteiger partial charge on any atom is -0.461 e. The minimum absolute atomic E-state index is 0.0675. The van der Waals surface area contributed by atoms with Crippen LogP contribution in [0.25, 0.3) is 5.69 Å². The van der Waals surface area contributed by atoms with Gasteiger partial charge in [0.2, 0.25) is 10.0 Å². The van der Waals surface area contributed by atoms with Gasteiger partial charge in [-0.3, -0.25) is 0 Å². The lowest BCUT2D eigenvalue weighted by molar-refractivity contribution is 0.0519. The molecule has 1 aromatic carbocycles. The van der Waals surface area contributed by atoms with E-state index in [-0.39, 0.29) is 23.2 Å². The van der Waals surface area contributed by atoms with Gasteiger partial charge in [-0.2, -0.15) is 5.10 Å². The number of rotatable bonds is 6. The third-order valence-corrected chi connectivity index (χ3v) is 4.92. The van der Waals surface area contributed by atoms with Gasteiger partial charge in [0.15, 0.2) is 5.69 Å². The Balaban J connectivity index is 1.78. The summed E-state index contributed by atoms with van der Waals surface area (Å²) in [4.78, 5) is 11.8. The number of hydrogen-bond acceptors (Lipinski definition) is 5. The first-order valence-electron chi connectivity index (χ1n) is 7.35. The predicted molar refractivity (Wildman–Crippen MR) is 82.9 cm³/mol. The van der Waals surface area contributed by atoms with Crippen molar-refractivity contribution in [2.75, 3.05) is 6.61 Å². The van der Waals surface area contributed by atoms with Crippen molar-refractivity contribution in [3.8, 4) is 5.69 Å². The third kappa shape index (κ3) is 3.59. The van der Waals surface area contributed by atoms with Crippen molar-refractivity contribution in [1.82, 2.24) is 14.5 Å².